The molecule has 0 bridgehead atoms. The maximum atomic E-state index is 5.86. The summed E-state index contributed by atoms with van der Waals surface area (Å²) in [6.07, 6.45) is 5.64. The average molecular weight is 169 g/mol. The molecule has 0 radical (unpaired) electrons. The van der Waals surface area contributed by atoms with Gasteiger partial charge in [-0.2, -0.15) is 0 Å². The van der Waals surface area contributed by atoms with Gasteiger partial charge in [0, 0.05) is 12.6 Å². The Kier molecular flexibility index (Phi) is 2.13. The minimum Gasteiger partial charge on any atom is -0.371 e. The molecule has 70 valence electrons. The lowest BCUT2D eigenvalue weighted by Gasteiger charge is -2.24. The van der Waals surface area contributed by atoms with Gasteiger partial charge in [-0.05, 0) is 39.5 Å². The largest absolute Gasteiger partial charge is 0.371 e. The molecule has 1 N–H and O–H groups in total. The highest BCUT2D eigenvalue weighted by Crippen LogP contribution is 2.30. The summed E-state index contributed by atoms with van der Waals surface area (Å²) in [5, 5.41) is 3.53. The van der Waals surface area contributed by atoms with Crippen LogP contribution >= 0.6 is 0 Å². The number of rotatable bonds is 3. The number of hydrogen-bond donors (Lipinski definition) is 1. The van der Waals surface area contributed by atoms with Crippen LogP contribution in [0.3, 0.4) is 0 Å². The van der Waals surface area contributed by atoms with Crippen molar-refractivity contribution < 1.29 is 4.74 Å². The van der Waals surface area contributed by atoms with E-state index in [1.165, 1.54) is 25.7 Å². The first kappa shape index (κ1) is 8.52. The summed E-state index contributed by atoms with van der Waals surface area (Å²) in [6.45, 7) is 5.44. The van der Waals surface area contributed by atoms with Gasteiger partial charge in [0.05, 0.1) is 11.7 Å². The van der Waals surface area contributed by atoms with Crippen LogP contribution in [0, 0.1) is 0 Å². The summed E-state index contributed by atoms with van der Waals surface area (Å²) in [4.78, 5) is 0. The number of hydrogen-bond acceptors (Lipinski definition) is 2. The van der Waals surface area contributed by atoms with Crippen molar-refractivity contribution in [3.05, 3.63) is 0 Å². The molecule has 1 aliphatic carbocycles. The molecule has 2 aliphatic rings. The van der Waals surface area contributed by atoms with E-state index in [2.05, 4.69) is 19.2 Å². The summed E-state index contributed by atoms with van der Waals surface area (Å²) >= 11 is 0. The summed E-state index contributed by atoms with van der Waals surface area (Å²) in [7, 11) is 0. The molecule has 0 spiro atoms. The second kappa shape index (κ2) is 3.00. The molecule has 2 atom stereocenters. The Morgan fingerprint density at radius 2 is 2.17 bits per heavy atom. The van der Waals surface area contributed by atoms with E-state index in [4.69, 9.17) is 4.74 Å². The van der Waals surface area contributed by atoms with Crippen LogP contribution in [-0.4, -0.2) is 24.3 Å². The quantitative estimate of drug-likeness (QED) is 0.694. The third kappa shape index (κ3) is 1.99. The smallest absolute Gasteiger partial charge is 0.0782 e. The van der Waals surface area contributed by atoms with E-state index in [-0.39, 0.29) is 5.60 Å². The lowest BCUT2D eigenvalue weighted by molar-refractivity contribution is -0.0195. The molecule has 2 rings (SSSR count). The van der Waals surface area contributed by atoms with E-state index in [1.54, 1.807) is 0 Å². The van der Waals surface area contributed by atoms with Crippen LogP contribution in [0.2, 0.25) is 0 Å². The fraction of sp³-hybridized carbons (Fsp3) is 1.00. The van der Waals surface area contributed by atoms with Crippen LogP contribution < -0.4 is 5.32 Å². The van der Waals surface area contributed by atoms with Crippen LogP contribution in [0.25, 0.3) is 0 Å². The third-order valence-electron chi connectivity index (χ3n) is 2.91. The van der Waals surface area contributed by atoms with Crippen molar-refractivity contribution in [2.24, 2.45) is 0 Å². The second-order valence-corrected chi connectivity index (χ2v) is 4.57. The number of ether oxygens (including phenoxy) is 1. The van der Waals surface area contributed by atoms with Gasteiger partial charge in [0.2, 0.25) is 0 Å². The molecular formula is C10H19NO. The topological polar surface area (TPSA) is 21.3 Å². The molecule has 1 aliphatic heterocycles. The predicted molar refractivity (Wildman–Crippen MR) is 49.2 cm³/mol. The van der Waals surface area contributed by atoms with E-state index >= 15 is 0 Å². The highest BCUT2D eigenvalue weighted by molar-refractivity contribution is 4.89. The van der Waals surface area contributed by atoms with E-state index in [0.29, 0.717) is 6.10 Å². The lowest BCUT2D eigenvalue weighted by atomic mass is 10.0. The molecule has 1 saturated heterocycles. The lowest BCUT2D eigenvalue weighted by Crippen LogP contribution is -2.38. The molecule has 1 heterocycles. The van der Waals surface area contributed by atoms with Gasteiger partial charge in [0.1, 0.15) is 0 Å². The van der Waals surface area contributed by atoms with Crippen molar-refractivity contribution in [2.75, 3.05) is 6.54 Å². The van der Waals surface area contributed by atoms with Crippen molar-refractivity contribution >= 4 is 0 Å². The fourth-order valence-corrected chi connectivity index (χ4v) is 1.89. The standard InChI is InChI=1S/C10H19NO/c1-8-5-6-10(2,12-8)7-11-9-3-4-9/h8-9,11H,3-7H2,1-2H3. The predicted octanol–water partition coefficient (Wildman–Crippen LogP) is 1.70. The summed E-state index contributed by atoms with van der Waals surface area (Å²) in [5.41, 5.74) is 0.127. The molecule has 2 nitrogen and oxygen atoms in total. The van der Waals surface area contributed by atoms with Crippen LogP contribution in [0.5, 0.6) is 0 Å². The Labute approximate surface area is 74.7 Å². The normalized spacial score (nSPS) is 42.0. The molecule has 0 aromatic carbocycles. The first-order valence-corrected chi connectivity index (χ1v) is 5.09. The molecule has 0 aromatic rings. The molecule has 2 heteroatoms. The minimum absolute atomic E-state index is 0.127. The van der Waals surface area contributed by atoms with Crippen molar-refractivity contribution in [2.45, 2.75) is 57.3 Å². The van der Waals surface area contributed by atoms with E-state index < -0.39 is 0 Å². The molecular weight excluding hydrogens is 150 g/mol. The van der Waals surface area contributed by atoms with Crippen LogP contribution in [0.15, 0.2) is 0 Å². The van der Waals surface area contributed by atoms with Crippen LogP contribution in [-0.2, 0) is 4.74 Å². The number of nitrogens with one attached hydrogen (secondary N) is 1. The van der Waals surface area contributed by atoms with Gasteiger partial charge in [-0.15, -0.1) is 0 Å². The monoisotopic (exact) mass is 169 g/mol. The first-order valence-electron chi connectivity index (χ1n) is 5.09. The summed E-state index contributed by atoms with van der Waals surface area (Å²) in [6, 6.07) is 0.807. The van der Waals surface area contributed by atoms with Gasteiger partial charge in [0.15, 0.2) is 0 Å². The maximum absolute atomic E-state index is 5.86. The molecule has 2 unspecified atom stereocenters. The van der Waals surface area contributed by atoms with Gasteiger partial charge < -0.3 is 10.1 Å². The molecule has 12 heavy (non-hydrogen) atoms. The summed E-state index contributed by atoms with van der Waals surface area (Å²) in [5.74, 6) is 0. The van der Waals surface area contributed by atoms with Gasteiger partial charge >= 0.3 is 0 Å². The minimum atomic E-state index is 0.127. The molecule has 0 amide bonds. The Bertz CT molecular complexity index is 167. The Hall–Kier alpha value is -0.0800. The van der Waals surface area contributed by atoms with Crippen molar-refractivity contribution in [1.82, 2.24) is 5.32 Å². The van der Waals surface area contributed by atoms with Crippen molar-refractivity contribution in [1.29, 1.82) is 0 Å². The average Bonchev–Trinajstić information content (AvgIpc) is 2.77. The SMILES string of the molecule is CC1CCC(C)(CNC2CC2)O1. The van der Waals surface area contributed by atoms with Crippen LogP contribution in [0.1, 0.15) is 39.5 Å². The van der Waals surface area contributed by atoms with Crippen molar-refractivity contribution in [3.63, 3.8) is 0 Å². The first-order chi connectivity index (χ1) is 5.68. The second-order valence-electron chi connectivity index (χ2n) is 4.57. The maximum Gasteiger partial charge on any atom is 0.0782 e. The molecule has 2 fully saturated rings. The van der Waals surface area contributed by atoms with Gasteiger partial charge in [-0.1, -0.05) is 0 Å². The highest BCUT2D eigenvalue weighted by atomic mass is 16.5. The Balaban J connectivity index is 1.76. The Morgan fingerprint density at radius 3 is 2.67 bits per heavy atom. The highest BCUT2D eigenvalue weighted by Gasteiger charge is 2.35. The zero-order valence-corrected chi connectivity index (χ0v) is 8.10. The fourth-order valence-electron chi connectivity index (χ4n) is 1.89. The van der Waals surface area contributed by atoms with E-state index in [9.17, 15) is 0 Å². The van der Waals surface area contributed by atoms with Gasteiger partial charge in [-0.25, -0.2) is 0 Å². The Morgan fingerprint density at radius 1 is 1.42 bits per heavy atom. The van der Waals surface area contributed by atoms with Gasteiger partial charge in [-0.3, -0.25) is 0 Å². The molecule has 0 aromatic heterocycles. The van der Waals surface area contributed by atoms with E-state index in [0.717, 1.165) is 12.6 Å². The van der Waals surface area contributed by atoms with Crippen LogP contribution in [0.4, 0.5) is 0 Å². The van der Waals surface area contributed by atoms with E-state index in [1.807, 2.05) is 0 Å². The van der Waals surface area contributed by atoms with Crippen molar-refractivity contribution in [3.8, 4) is 0 Å². The zero-order valence-electron chi connectivity index (χ0n) is 8.10. The molecule has 1 saturated carbocycles. The van der Waals surface area contributed by atoms with Gasteiger partial charge in [0.25, 0.3) is 0 Å². The third-order valence-corrected chi connectivity index (χ3v) is 2.91. The summed E-state index contributed by atoms with van der Waals surface area (Å²) < 4.78 is 5.86. The zero-order chi connectivity index (χ0) is 8.60.